The van der Waals surface area contributed by atoms with Gasteiger partial charge in [-0.15, -0.1) is 0 Å². The fourth-order valence-corrected chi connectivity index (χ4v) is 9.30. The number of benzene rings is 2. The maximum absolute atomic E-state index is 14.4. The van der Waals surface area contributed by atoms with Gasteiger partial charge in [0.1, 0.15) is 30.3 Å². The molecule has 3 N–H and O–H groups in total. The van der Waals surface area contributed by atoms with Gasteiger partial charge in [-0.1, -0.05) is 67.5 Å². The van der Waals surface area contributed by atoms with Gasteiger partial charge in [-0.2, -0.15) is 12.7 Å². The normalized spacial score (nSPS) is 27.3. The SMILES string of the molecule is O=C(N[C@H]1CCCCC/C=C/C2C[C@]2(C(=O)NS(=O)(=O)N2CCC2)NC(=O)[C@@H]2CN(C(=O)OCc3cccc4ccccc34)CCN2C1=O)OC1CCCC1. The molecule has 3 aliphatic heterocycles. The maximum Gasteiger partial charge on any atom is 0.410 e. The lowest BCUT2D eigenvalue weighted by molar-refractivity contribution is -0.146. The van der Waals surface area contributed by atoms with Crippen LogP contribution in [0.3, 0.4) is 0 Å². The topological polar surface area (TPSA) is 184 Å². The molecule has 15 nitrogen and oxygen atoms in total. The fraction of sp³-hybridized carbons (Fsp3) is 0.564. The van der Waals surface area contributed by atoms with E-state index in [0.717, 1.165) is 59.2 Å². The molecule has 5 aliphatic rings. The third kappa shape index (κ3) is 8.75. The van der Waals surface area contributed by atoms with Crippen molar-refractivity contribution >= 4 is 50.9 Å². The Morgan fingerprint density at radius 1 is 0.891 bits per heavy atom. The van der Waals surface area contributed by atoms with E-state index in [1.54, 1.807) is 0 Å². The molecule has 4 atom stereocenters. The van der Waals surface area contributed by atoms with Gasteiger partial charge in [0.25, 0.3) is 5.91 Å². The number of nitrogens with zero attached hydrogens (tertiary/aromatic N) is 3. The molecule has 4 fully saturated rings. The molecule has 2 aliphatic carbocycles. The third-order valence-electron chi connectivity index (χ3n) is 11.5. The van der Waals surface area contributed by atoms with Crippen LogP contribution in [0.2, 0.25) is 0 Å². The molecule has 3 heterocycles. The van der Waals surface area contributed by atoms with Crippen LogP contribution in [0.15, 0.2) is 54.6 Å². The van der Waals surface area contributed by atoms with Gasteiger partial charge in [0.2, 0.25) is 11.8 Å². The number of piperazine rings is 1. The Kier molecular flexibility index (Phi) is 11.6. The smallest absolute Gasteiger partial charge is 0.410 e. The molecule has 1 unspecified atom stereocenters. The van der Waals surface area contributed by atoms with Crippen molar-refractivity contribution in [2.24, 2.45) is 5.92 Å². The van der Waals surface area contributed by atoms with Crippen molar-refractivity contribution in [1.29, 1.82) is 0 Å². The average Bonchev–Trinajstić information content (AvgIpc) is 3.59. The number of fused-ring (bicyclic) bond motifs is 3. The van der Waals surface area contributed by atoms with E-state index in [4.69, 9.17) is 9.47 Å². The lowest BCUT2D eigenvalue weighted by Gasteiger charge is -2.41. The summed E-state index contributed by atoms with van der Waals surface area (Å²) in [6, 6.07) is 11.2. The van der Waals surface area contributed by atoms with Gasteiger partial charge < -0.3 is 29.9 Å². The zero-order chi connectivity index (χ0) is 38.6. The van der Waals surface area contributed by atoms with Crippen molar-refractivity contribution in [3.8, 4) is 0 Å². The highest BCUT2D eigenvalue weighted by atomic mass is 32.2. The minimum Gasteiger partial charge on any atom is -0.446 e. The number of amides is 5. The number of hydrogen-bond acceptors (Lipinski definition) is 9. The molecule has 7 rings (SSSR count). The lowest BCUT2D eigenvalue weighted by Crippen LogP contribution is -2.66. The number of carbonyl (C=O) groups excluding carboxylic acids is 5. The zero-order valence-electron chi connectivity index (χ0n) is 31.0. The molecule has 0 radical (unpaired) electrons. The summed E-state index contributed by atoms with van der Waals surface area (Å²) in [7, 11) is -4.12. The maximum atomic E-state index is 14.4. The minimum absolute atomic E-state index is 0.0198. The summed E-state index contributed by atoms with van der Waals surface area (Å²) >= 11 is 0. The summed E-state index contributed by atoms with van der Waals surface area (Å²) in [4.78, 5) is 72.0. The first-order valence-corrected chi connectivity index (χ1v) is 20.9. The Hall–Kier alpha value is -4.70. The second kappa shape index (κ2) is 16.6. The van der Waals surface area contributed by atoms with E-state index >= 15 is 0 Å². The lowest BCUT2D eigenvalue weighted by atomic mass is 10.0. The van der Waals surface area contributed by atoms with Gasteiger partial charge in [-0.3, -0.25) is 14.4 Å². The van der Waals surface area contributed by atoms with Crippen LogP contribution in [0.1, 0.15) is 76.2 Å². The van der Waals surface area contributed by atoms with E-state index < -0.39 is 63.7 Å². The molecule has 2 aromatic rings. The average molecular weight is 779 g/mol. The predicted molar refractivity (Wildman–Crippen MR) is 201 cm³/mol. The number of nitrogens with one attached hydrogen (secondary N) is 3. The van der Waals surface area contributed by atoms with Crippen LogP contribution >= 0.6 is 0 Å². The van der Waals surface area contributed by atoms with E-state index in [1.165, 1.54) is 9.80 Å². The van der Waals surface area contributed by atoms with Crippen LogP contribution in [0, 0.1) is 5.92 Å². The van der Waals surface area contributed by atoms with Gasteiger partial charge in [0, 0.05) is 32.1 Å². The number of rotatable bonds is 7. The molecule has 2 saturated carbocycles. The van der Waals surface area contributed by atoms with E-state index in [2.05, 4.69) is 15.4 Å². The van der Waals surface area contributed by atoms with Crippen LogP contribution in [-0.2, 0) is 40.7 Å². The second-order valence-electron chi connectivity index (χ2n) is 15.2. The number of alkyl carbamates (subject to hydrolysis) is 1. The van der Waals surface area contributed by atoms with E-state index in [0.29, 0.717) is 38.8 Å². The van der Waals surface area contributed by atoms with Gasteiger partial charge in [-0.25, -0.2) is 14.3 Å². The zero-order valence-corrected chi connectivity index (χ0v) is 31.8. The standard InChI is InChI=1S/C39H50N6O9S/c46-34-33-25-43(38(50)53-26-28-14-10-13-27-12-6-9-18-31(27)28)22-23-45(33)35(47)32(40-37(49)54-30-16-7-8-17-30)19-5-3-1-2-4-15-29-24-39(29,41-34)36(48)42-55(51,52)44-20-11-21-44/h4,6,9-10,12-15,18,29-30,32-33H,1-3,5,7-8,11,16-17,19-26H2,(H,40,49)(H,41,46)(H,42,48)/b15-4+/t29?,32-,33-,39-/m0/s1. The molecule has 16 heteroatoms. The van der Waals surface area contributed by atoms with Crippen molar-refractivity contribution in [3.05, 3.63) is 60.2 Å². The van der Waals surface area contributed by atoms with Crippen LogP contribution in [-0.4, -0.2) is 109 Å². The Bertz CT molecular complexity index is 1930. The first kappa shape index (κ1) is 38.6. The fourth-order valence-electron chi connectivity index (χ4n) is 8.01. The summed E-state index contributed by atoms with van der Waals surface area (Å²) < 4.78 is 40.7. The molecule has 5 amide bonds. The molecule has 2 aromatic carbocycles. The highest BCUT2D eigenvalue weighted by Gasteiger charge is 2.61. The minimum atomic E-state index is -4.12. The van der Waals surface area contributed by atoms with Crippen molar-refractivity contribution in [2.45, 2.75) is 101 Å². The van der Waals surface area contributed by atoms with E-state index in [1.807, 2.05) is 54.6 Å². The Morgan fingerprint density at radius 2 is 1.65 bits per heavy atom. The highest BCUT2D eigenvalue weighted by Crippen LogP contribution is 2.45. The molecule has 0 aromatic heterocycles. The Labute approximate surface area is 321 Å². The number of ether oxygens (including phenoxy) is 2. The largest absolute Gasteiger partial charge is 0.446 e. The van der Waals surface area contributed by atoms with Crippen molar-refractivity contribution in [2.75, 3.05) is 32.7 Å². The predicted octanol–water partition coefficient (Wildman–Crippen LogP) is 3.49. The van der Waals surface area contributed by atoms with E-state index in [-0.39, 0.29) is 38.8 Å². The van der Waals surface area contributed by atoms with Crippen molar-refractivity contribution < 1.29 is 41.9 Å². The summed E-state index contributed by atoms with van der Waals surface area (Å²) in [5.74, 6) is -2.58. The quantitative estimate of drug-likeness (QED) is 0.355. The monoisotopic (exact) mass is 778 g/mol. The third-order valence-corrected chi connectivity index (χ3v) is 13.0. The number of carbonyl (C=O) groups is 5. The molecule has 0 bridgehead atoms. The summed E-state index contributed by atoms with van der Waals surface area (Å²) in [6.07, 6.45) is 9.61. The Morgan fingerprint density at radius 3 is 2.44 bits per heavy atom. The number of hydrogen-bond donors (Lipinski definition) is 3. The molecule has 55 heavy (non-hydrogen) atoms. The molecule has 0 spiro atoms. The van der Waals surface area contributed by atoms with Crippen LogP contribution in [0.25, 0.3) is 10.8 Å². The first-order valence-electron chi connectivity index (χ1n) is 19.5. The molecular formula is C39H50N6O9S. The summed E-state index contributed by atoms with van der Waals surface area (Å²) in [5.41, 5.74) is -0.778. The van der Waals surface area contributed by atoms with Gasteiger partial charge in [-0.05, 0) is 74.1 Å². The van der Waals surface area contributed by atoms with Gasteiger partial charge >= 0.3 is 22.4 Å². The van der Waals surface area contributed by atoms with Crippen molar-refractivity contribution in [1.82, 2.24) is 29.5 Å². The van der Waals surface area contributed by atoms with Crippen LogP contribution < -0.4 is 15.4 Å². The van der Waals surface area contributed by atoms with Gasteiger partial charge in [0.05, 0.1) is 6.54 Å². The van der Waals surface area contributed by atoms with E-state index in [9.17, 15) is 32.4 Å². The molecular weight excluding hydrogens is 729 g/mol. The molecule has 296 valence electrons. The molecule has 2 saturated heterocycles. The summed E-state index contributed by atoms with van der Waals surface area (Å²) in [5, 5.41) is 7.53. The second-order valence-corrected chi connectivity index (χ2v) is 16.9. The number of allylic oxidation sites excluding steroid dienone is 1. The van der Waals surface area contributed by atoms with Gasteiger partial charge in [0.15, 0.2) is 0 Å². The van der Waals surface area contributed by atoms with Crippen LogP contribution in [0.4, 0.5) is 9.59 Å². The van der Waals surface area contributed by atoms with Crippen LogP contribution in [0.5, 0.6) is 0 Å². The van der Waals surface area contributed by atoms with Crippen molar-refractivity contribution in [3.63, 3.8) is 0 Å². The first-order chi connectivity index (χ1) is 26.5. The summed E-state index contributed by atoms with van der Waals surface area (Å²) in [6.45, 7) is 0.306. The highest BCUT2D eigenvalue weighted by molar-refractivity contribution is 7.87. The Balaban J connectivity index is 1.13.